The van der Waals surface area contributed by atoms with Gasteiger partial charge in [-0.3, -0.25) is 0 Å². The molecule has 1 atom stereocenters. The molecule has 4 heteroatoms. The summed E-state index contributed by atoms with van der Waals surface area (Å²) in [6, 6.07) is 0. The highest BCUT2D eigenvalue weighted by atomic mass is 32.1. The van der Waals surface area contributed by atoms with E-state index in [1.165, 1.54) is 12.8 Å². The number of aliphatic hydroxyl groups excluding tert-OH is 1. The first-order chi connectivity index (χ1) is 8.53. The molecular formula is C14H26N2OS. The number of hydrogen-bond acceptors (Lipinski definition) is 4. The minimum absolute atomic E-state index is 0.414. The molecule has 0 spiro atoms. The molecule has 1 aromatic heterocycles. The number of nitrogens with zero attached hydrogens (tertiary/aromatic N) is 2. The van der Waals surface area contributed by atoms with Crippen molar-refractivity contribution in [3.8, 4) is 0 Å². The van der Waals surface area contributed by atoms with Crippen LogP contribution < -0.4 is 4.90 Å². The molecule has 104 valence electrons. The van der Waals surface area contributed by atoms with Gasteiger partial charge in [-0.25, -0.2) is 4.98 Å². The van der Waals surface area contributed by atoms with E-state index in [-0.39, 0.29) is 0 Å². The molecule has 1 aromatic rings. The summed E-state index contributed by atoms with van der Waals surface area (Å²) >= 11 is 1.63. The van der Waals surface area contributed by atoms with Crippen molar-refractivity contribution in [3.63, 3.8) is 0 Å². The first kappa shape index (κ1) is 15.4. The Morgan fingerprint density at radius 2 is 1.89 bits per heavy atom. The summed E-state index contributed by atoms with van der Waals surface area (Å²) in [5, 5.41) is 10.8. The van der Waals surface area contributed by atoms with E-state index in [0.29, 0.717) is 0 Å². The molecule has 0 saturated carbocycles. The lowest BCUT2D eigenvalue weighted by Gasteiger charge is -2.24. The van der Waals surface area contributed by atoms with Crippen molar-refractivity contribution in [1.82, 2.24) is 4.98 Å². The van der Waals surface area contributed by atoms with Crippen molar-refractivity contribution in [2.24, 2.45) is 5.92 Å². The third-order valence-electron chi connectivity index (χ3n) is 3.49. The van der Waals surface area contributed by atoms with Crippen molar-refractivity contribution < 1.29 is 5.11 Å². The van der Waals surface area contributed by atoms with E-state index < -0.39 is 6.10 Å². The Kier molecular flexibility index (Phi) is 6.09. The Morgan fingerprint density at radius 3 is 2.28 bits per heavy atom. The van der Waals surface area contributed by atoms with Gasteiger partial charge in [0.15, 0.2) is 5.13 Å². The molecule has 0 amide bonds. The predicted molar refractivity (Wildman–Crippen MR) is 79.4 cm³/mol. The second-order valence-corrected chi connectivity index (χ2v) is 5.85. The largest absolute Gasteiger partial charge is 0.388 e. The van der Waals surface area contributed by atoms with Crippen LogP contribution in [-0.4, -0.2) is 23.2 Å². The molecule has 0 bridgehead atoms. The first-order valence-corrected chi connectivity index (χ1v) is 7.75. The second-order valence-electron chi connectivity index (χ2n) is 4.84. The van der Waals surface area contributed by atoms with Crippen molar-refractivity contribution >= 4 is 16.5 Å². The lowest BCUT2D eigenvalue weighted by atomic mass is 10.0. The molecule has 0 aliphatic carbocycles. The summed E-state index contributed by atoms with van der Waals surface area (Å²) in [4.78, 5) is 7.94. The molecule has 1 heterocycles. The summed E-state index contributed by atoms with van der Waals surface area (Å²) < 4.78 is 0. The van der Waals surface area contributed by atoms with E-state index in [1.54, 1.807) is 11.3 Å². The van der Waals surface area contributed by atoms with Crippen LogP contribution in [0.3, 0.4) is 0 Å². The average Bonchev–Trinajstić information content (AvgIpc) is 2.73. The summed E-state index contributed by atoms with van der Waals surface area (Å²) in [6.07, 6.45) is 2.00. The average molecular weight is 270 g/mol. The smallest absolute Gasteiger partial charge is 0.185 e. The Morgan fingerprint density at radius 1 is 1.28 bits per heavy atom. The van der Waals surface area contributed by atoms with Crippen LogP contribution in [0.1, 0.15) is 57.2 Å². The lowest BCUT2D eigenvalue weighted by Crippen LogP contribution is -2.28. The van der Waals surface area contributed by atoms with E-state index in [1.807, 2.05) is 13.8 Å². The molecule has 0 saturated heterocycles. The Hall–Kier alpha value is -0.610. The van der Waals surface area contributed by atoms with Crippen molar-refractivity contribution in [1.29, 1.82) is 0 Å². The number of aryl methyl sites for hydroxylation is 1. The fourth-order valence-corrected chi connectivity index (χ4v) is 3.19. The van der Waals surface area contributed by atoms with Gasteiger partial charge >= 0.3 is 0 Å². The van der Waals surface area contributed by atoms with Gasteiger partial charge in [0, 0.05) is 13.1 Å². The number of thiazole rings is 1. The van der Waals surface area contributed by atoms with Gasteiger partial charge in [-0.05, 0) is 26.7 Å². The number of hydrogen-bond donors (Lipinski definition) is 1. The zero-order chi connectivity index (χ0) is 13.7. The number of rotatable bonds is 7. The maximum atomic E-state index is 9.70. The molecule has 1 N–H and O–H groups in total. The fourth-order valence-electron chi connectivity index (χ4n) is 2.12. The summed E-state index contributed by atoms with van der Waals surface area (Å²) in [6.45, 7) is 12.5. The van der Waals surface area contributed by atoms with Gasteiger partial charge < -0.3 is 10.0 Å². The van der Waals surface area contributed by atoms with E-state index in [2.05, 4.69) is 30.7 Å². The third-order valence-corrected chi connectivity index (χ3v) is 4.87. The van der Waals surface area contributed by atoms with Gasteiger partial charge in [0.1, 0.15) is 0 Å². The SMILES string of the molecule is CCC(CC)CN(CC)c1nc(C)c(C(C)O)s1. The van der Waals surface area contributed by atoms with E-state index in [0.717, 1.165) is 34.7 Å². The fraction of sp³-hybridized carbons (Fsp3) is 0.786. The molecule has 1 unspecified atom stereocenters. The molecule has 0 radical (unpaired) electrons. The van der Waals surface area contributed by atoms with Crippen LogP contribution in [0, 0.1) is 12.8 Å². The molecule has 0 fully saturated rings. The van der Waals surface area contributed by atoms with E-state index >= 15 is 0 Å². The van der Waals surface area contributed by atoms with Crippen molar-refractivity contribution in [2.45, 2.75) is 53.6 Å². The minimum Gasteiger partial charge on any atom is -0.388 e. The van der Waals surface area contributed by atoms with Crippen LogP contribution in [0.25, 0.3) is 0 Å². The van der Waals surface area contributed by atoms with Gasteiger partial charge in [0.2, 0.25) is 0 Å². The predicted octanol–water partition coefficient (Wildman–Crippen LogP) is 3.77. The Balaban J connectivity index is 2.85. The van der Waals surface area contributed by atoms with Crippen molar-refractivity contribution in [3.05, 3.63) is 10.6 Å². The quantitative estimate of drug-likeness (QED) is 0.819. The minimum atomic E-state index is -0.414. The zero-order valence-corrected chi connectivity index (χ0v) is 13.0. The highest BCUT2D eigenvalue weighted by Crippen LogP contribution is 2.31. The molecule has 3 nitrogen and oxygen atoms in total. The molecular weight excluding hydrogens is 244 g/mol. The van der Waals surface area contributed by atoms with Crippen LogP contribution in [-0.2, 0) is 0 Å². The normalized spacial score (nSPS) is 13.1. The first-order valence-electron chi connectivity index (χ1n) is 6.93. The van der Waals surface area contributed by atoms with Gasteiger partial charge in [0.25, 0.3) is 0 Å². The van der Waals surface area contributed by atoms with Crippen LogP contribution in [0.15, 0.2) is 0 Å². The molecule has 0 aliphatic heterocycles. The van der Waals surface area contributed by atoms with Gasteiger partial charge in [-0.1, -0.05) is 38.0 Å². The molecule has 1 rings (SSSR count). The highest BCUT2D eigenvalue weighted by Gasteiger charge is 2.17. The topological polar surface area (TPSA) is 36.4 Å². The molecule has 18 heavy (non-hydrogen) atoms. The van der Waals surface area contributed by atoms with Gasteiger partial charge in [0.05, 0.1) is 16.7 Å². The molecule has 0 aromatic carbocycles. The third kappa shape index (κ3) is 3.69. The van der Waals surface area contributed by atoms with Gasteiger partial charge in [-0.15, -0.1) is 0 Å². The summed E-state index contributed by atoms with van der Waals surface area (Å²) in [5.74, 6) is 0.726. The summed E-state index contributed by atoms with van der Waals surface area (Å²) in [5.41, 5.74) is 0.966. The molecule has 0 aliphatic rings. The van der Waals surface area contributed by atoms with E-state index in [4.69, 9.17) is 0 Å². The van der Waals surface area contributed by atoms with Crippen LogP contribution in [0.5, 0.6) is 0 Å². The Bertz CT molecular complexity index is 359. The van der Waals surface area contributed by atoms with Crippen LogP contribution in [0.4, 0.5) is 5.13 Å². The maximum Gasteiger partial charge on any atom is 0.185 e. The monoisotopic (exact) mass is 270 g/mol. The van der Waals surface area contributed by atoms with Crippen LogP contribution in [0.2, 0.25) is 0 Å². The van der Waals surface area contributed by atoms with Crippen LogP contribution >= 0.6 is 11.3 Å². The summed E-state index contributed by atoms with van der Waals surface area (Å²) in [7, 11) is 0. The van der Waals surface area contributed by atoms with E-state index in [9.17, 15) is 5.11 Å². The lowest BCUT2D eigenvalue weighted by molar-refractivity contribution is 0.202. The standard InChI is InChI=1S/C14H26N2OS/c1-6-12(7-2)9-16(8-3)14-15-10(4)13(18-14)11(5)17/h11-12,17H,6-9H2,1-5H3. The van der Waals surface area contributed by atoms with Crippen molar-refractivity contribution in [2.75, 3.05) is 18.0 Å². The number of anilines is 1. The zero-order valence-electron chi connectivity index (χ0n) is 12.2. The van der Waals surface area contributed by atoms with Gasteiger partial charge in [-0.2, -0.15) is 0 Å². The maximum absolute atomic E-state index is 9.70. The Labute approximate surface area is 115 Å². The number of aliphatic hydroxyl groups is 1. The number of aromatic nitrogens is 1. The highest BCUT2D eigenvalue weighted by molar-refractivity contribution is 7.15. The second kappa shape index (κ2) is 7.10.